The molecule has 0 saturated carbocycles. The Hall–Kier alpha value is -2.17. The molecule has 1 amide bonds. The van der Waals surface area contributed by atoms with E-state index in [2.05, 4.69) is 17.4 Å². The number of aryl methyl sites for hydroxylation is 1. The molecule has 2 rings (SSSR count). The maximum Gasteiger partial charge on any atom is 0.238 e. The van der Waals surface area contributed by atoms with Crippen molar-refractivity contribution in [1.82, 2.24) is 4.90 Å². The molecule has 0 aliphatic heterocycles. The van der Waals surface area contributed by atoms with Gasteiger partial charge in [-0.1, -0.05) is 48.5 Å². The number of amides is 1. The molecule has 23 heavy (non-hydrogen) atoms. The third-order valence-corrected chi connectivity index (χ3v) is 3.76. The zero-order valence-corrected chi connectivity index (χ0v) is 13.5. The Labute approximate surface area is 137 Å². The van der Waals surface area contributed by atoms with E-state index in [0.29, 0.717) is 6.54 Å². The average molecular weight is 312 g/mol. The van der Waals surface area contributed by atoms with E-state index in [9.17, 15) is 9.90 Å². The van der Waals surface area contributed by atoms with Crippen molar-refractivity contribution < 1.29 is 9.90 Å². The van der Waals surface area contributed by atoms with Gasteiger partial charge in [0.05, 0.1) is 13.2 Å². The topological polar surface area (TPSA) is 52.6 Å². The van der Waals surface area contributed by atoms with Gasteiger partial charge < -0.3 is 10.4 Å². The summed E-state index contributed by atoms with van der Waals surface area (Å²) in [5, 5.41) is 12.1. The Morgan fingerprint density at radius 3 is 2.43 bits per heavy atom. The summed E-state index contributed by atoms with van der Waals surface area (Å²) < 4.78 is 0. The van der Waals surface area contributed by atoms with Crippen LogP contribution in [0.25, 0.3) is 0 Å². The summed E-state index contributed by atoms with van der Waals surface area (Å²) in [6.07, 6.45) is 0.860. The molecule has 2 N–H and O–H groups in total. The molecule has 122 valence electrons. The molecule has 0 bridgehead atoms. The van der Waals surface area contributed by atoms with E-state index >= 15 is 0 Å². The van der Waals surface area contributed by atoms with Gasteiger partial charge >= 0.3 is 0 Å². The minimum absolute atomic E-state index is 0.0481. The number of carbonyl (C=O) groups excluding carboxylic acids is 1. The third kappa shape index (κ3) is 5.85. The van der Waals surface area contributed by atoms with Crippen LogP contribution in [-0.4, -0.2) is 42.2 Å². The number of para-hydroxylation sites is 1. The Balaban J connectivity index is 1.88. The van der Waals surface area contributed by atoms with Gasteiger partial charge in [-0.15, -0.1) is 0 Å². The van der Waals surface area contributed by atoms with Crippen molar-refractivity contribution in [3.8, 4) is 0 Å². The van der Waals surface area contributed by atoms with E-state index in [1.807, 2.05) is 54.3 Å². The molecule has 0 fully saturated rings. The molecule has 2 aromatic carbocycles. The summed E-state index contributed by atoms with van der Waals surface area (Å²) in [4.78, 5) is 14.2. The number of nitrogens with one attached hydrogen (secondary N) is 1. The molecule has 0 unspecified atom stereocenters. The number of hydrogen-bond donors (Lipinski definition) is 2. The summed E-state index contributed by atoms with van der Waals surface area (Å²) in [5.74, 6) is -0.0548. The van der Waals surface area contributed by atoms with E-state index in [4.69, 9.17) is 0 Å². The van der Waals surface area contributed by atoms with Crippen molar-refractivity contribution in [3.05, 3.63) is 65.7 Å². The van der Waals surface area contributed by atoms with Crippen molar-refractivity contribution in [3.63, 3.8) is 0 Å². The second-order valence-electron chi connectivity index (χ2n) is 5.60. The number of rotatable bonds is 8. The van der Waals surface area contributed by atoms with Crippen LogP contribution in [0, 0.1) is 6.92 Å². The van der Waals surface area contributed by atoms with Crippen LogP contribution >= 0.6 is 0 Å². The highest BCUT2D eigenvalue weighted by Crippen LogP contribution is 2.13. The quantitative estimate of drug-likeness (QED) is 0.787. The molecule has 0 saturated heterocycles. The Morgan fingerprint density at radius 2 is 1.74 bits per heavy atom. The Morgan fingerprint density at radius 1 is 1.04 bits per heavy atom. The first-order valence-electron chi connectivity index (χ1n) is 7.91. The lowest BCUT2D eigenvalue weighted by molar-refractivity contribution is -0.117. The van der Waals surface area contributed by atoms with E-state index in [-0.39, 0.29) is 19.1 Å². The number of benzene rings is 2. The molecule has 4 nitrogen and oxygen atoms in total. The minimum atomic E-state index is -0.0548. The lowest BCUT2D eigenvalue weighted by atomic mass is 10.1. The SMILES string of the molecule is Cc1ccccc1NC(=O)CN(CCO)CCc1ccccc1. The molecule has 0 heterocycles. The van der Waals surface area contributed by atoms with Crippen LogP contribution in [0.15, 0.2) is 54.6 Å². The van der Waals surface area contributed by atoms with Gasteiger partial charge in [-0.05, 0) is 30.5 Å². The number of aliphatic hydroxyl groups excluding tert-OH is 1. The van der Waals surface area contributed by atoms with Gasteiger partial charge in [0.1, 0.15) is 0 Å². The number of nitrogens with zero attached hydrogens (tertiary/aromatic N) is 1. The molecule has 0 aliphatic rings. The summed E-state index contributed by atoms with van der Waals surface area (Å²) in [6.45, 7) is 3.53. The minimum Gasteiger partial charge on any atom is -0.395 e. The maximum atomic E-state index is 12.2. The summed E-state index contributed by atoms with van der Waals surface area (Å²) in [6, 6.07) is 17.9. The first-order valence-corrected chi connectivity index (χ1v) is 7.91. The molecule has 0 aliphatic carbocycles. The van der Waals surface area contributed by atoms with Gasteiger partial charge in [0.25, 0.3) is 0 Å². The van der Waals surface area contributed by atoms with Crippen molar-refractivity contribution in [1.29, 1.82) is 0 Å². The number of carbonyl (C=O) groups is 1. The molecule has 0 spiro atoms. The van der Waals surface area contributed by atoms with Crippen molar-refractivity contribution in [2.45, 2.75) is 13.3 Å². The summed E-state index contributed by atoms with van der Waals surface area (Å²) in [7, 11) is 0. The van der Waals surface area contributed by atoms with Gasteiger partial charge in [-0.3, -0.25) is 9.69 Å². The average Bonchev–Trinajstić information content (AvgIpc) is 2.56. The van der Waals surface area contributed by atoms with Gasteiger partial charge in [0, 0.05) is 18.8 Å². The zero-order valence-electron chi connectivity index (χ0n) is 13.5. The monoisotopic (exact) mass is 312 g/mol. The van der Waals surface area contributed by atoms with Crippen molar-refractivity contribution in [2.24, 2.45) is 0 Å². The number of aliphatic hydroxyl groups is 1. The number of anilines is 1. The van der Waals surface area contributed by atoms with Crippen LogP contribution in [0.5, 0.6) is 0 Å². The van der Waals surface area contributed by atoms with Crippen molar-refractivity contribution >= 4 is 11.6 Å². The first-order chi connectivity index (χ1) is 11.2. The van der Waals surface area contributed by atoms with Gasteiger partial charge in [0.2, 0.25) is 5.91 Å². The lowest BCUT2D eigenvalue weighted by Crippen LogP contribution is -2.36. The van der Waals surface area contributed by atoms with Crippen LogP contribution in [0.1, 0.15) is 11.1 Å². The molecule has 2 aromatic rings. The van der Waals surface area contributed by atoms with Gasteiger partial charge in [-0.25, -0.2) is 0 Å². The molecular formula is C19H24N2O2. The lowest BCUT2D eigenvalue weighted by Gasteiger charge is -2.21. The highest BCUT2D eigenvalue weighted by molar-refractivity contribution is 5.92. The molecule has 0 radical (unpaired) electrons. The largest absolute Gasteiger partial charge is 0.395 e. The fourth-order valence-electron chi connectivity index (χ4n) is 2.45. The second-order valence-corrected chi connectivity index (χ2v) is 5.60. The Bertz CT molecular complexity index is 614. The van der Waals surface area contributed by atoms with Crippen LogP contribution < -0.4 is 5.32 Å². The van der Waals surface area contributed by atoms with Crippen LogP contribution in [0.4, 0.5) is 5.69 Å². The van der Waals surface area contributed by atoms with E-state index in [1.165, 1.54) is 5.56 Å². The van der Waals surface area contributed by atoms with E-state index in [1.54, 1.807) is 0 Å². The fraction of sp³-hybridized carbons (Fsp3) is 0.316. The van der Waals surface area contributed by atoms with Crippen LogP contribution in [0.3, 0.4) is 0 Å². The standard InChI is InChI=1S/C19H24N2O2/c1-16-7-5-6-10-18(16)20-19(23)15-21(13-14-22)12-11-17-8-3-2-4-9-17/h2-10,22H,11-15H2,1H3,(H,20,23). The highest BCUT2D eigenvalue weighted by Gasteiger charge is 2.11. The zero-order chi connectivity index (χ0) is 16.5. The fourth-order valence-corrected chi connectivity index (χ4v) is 2.45. The normalized spacial score (nSPS) is 10.7. The van der Waals surface area contributed by atoms with Crippen LogP contribution in [0.2, 0.25) is 0 Å². The third-order valence-electron chi connectivity index (χ3n) is 3.76. The van der Waals surface area contributed by atoms with Gasteiger partial charge in [-0.2, -0.15) is 0 Å². The molecular weight excluding hydrogens is 288 g/mol. The molecule has 0 atom stereocenters. The highest BCUT2D eigenvalue weighted by atomic mass is 16.3. The number of hydrogen-bond acceptors (Lipinski definition) is 3. The maximum absolute atomic E-state index is 12.2. The predicted octanol–water partition coefficient (Wildman–Crippen LogP) is 2.47. The predicted molar refractivity (Wildman–Crippen MR) is 93.5 cm³/mol. The summed E-state index contributed by atoms with van der Waals surface area (Å²) in [5.41, 5.74) is 3.11. The smallest absolute Gasteiger partial charge is 0.238 e. The van der Waals surface area contributed by atoms with E-state index < -0.39 is 0 Å². The van der Waals surface area contributed by atoms with Gasteiger partial charge in [0.15, 0.2) is 0 Å². The molecule has 4 heteroatoms. The Kier molecular flexibility index (Phi) is 6.78. The summed E-state index contributed by atoms with van der Waals surface area (Å²) >= 11 is 0. The van der Waals surface area contributed by atoms with Crippen molar-refractivity contribution in [2.75, 3.05) is 31.6 Å². The van der Waals surface area contributed by atoms with E-state index in [0.717, 1.165) is 24.2 Å². The molecule has 0 aromatic heterocycles. The van der Waals surface area contributed by atoms with Crippen LogP contribution in [-0.2, 0) is 11.2 Å². The second kappa shape index (κ2) is 9.08. The first kappa shape index (κ1) is 17.2.